The number of benzene rings is 1. The minimum atomic E-state index is -0.845. The van der Waals surface area contributed by atoms with Crippen LogP contribution in [0.15, 0.2) is 52.1 Å². The van der Waals surface area contributed by atoms with E-state index in [0.717, 1.165) is 0 Å². The molecule has 0 radical (unpaired) electrons. The van der Waals surface area contributed by atoms with E-state index in [1.54, 1.807) is 25.1 Å². The number of phenolic OH excluding ortho intramolecular Hbond substituents is 1. The molecule has 0 unspecified atom stereocenters. The van der Waals surface area contributed by atoms with Crippen LogP contribution >= 0.6 is 0 Å². The summed E-state index contributed by atoms with van der Waals surface area (Å²) in [6, 6.07) is 8.52. The average Bonchev–Trinajstić information content (AvgIpc) is 3.15. The quantitative estimate of drug-likeness (QED) is 0.771. The number of phenols is 1. The van der Waals surface area contributed by atoms with Crippen molar-refractivity contribution in [3.63, 3.8) is 0 Å². The van der Waals surface area contributed by atoms with Gasteiger partial charge in [0.05, 0.1) is 18.2 Å². The highest BCUT2D eigenvalue weighted by atomic mass is 16.5. The summed E-state index contributed by atoms with van der Waals surface area (Å²) >= 11 is 0. The number of amides is 1. The molecule has 0 aliphatic carbocycles. The molecule has 1 atom stereocenters. The summed E-state index contributed by atoms with van der Waals surface area (Å²) < 4.78 is 10.4. The largest absolute Gasteiger partial charge is 0.508 e. The Balaban J connectivity index is 2.08. The third-order valence-corrected chi connectivity index (χ3v) is 4.23. The molecule has 1 aromatic carbocycles. The van der Waals surface area contributed by atoms with Crippen molar-refractivity contribution in [2.45, 2.75) is 13.0 Å². The molecule has 2 heterocycles. The smallest absolute Gasteiger partial charge is 0.290 e. The van der Waals surface area contributed by atoms with Gasteiger partial charge in [-0.25, -0.2) is 0 Å². The van der Waals surface area contributed by atoms with Gasteiger partial charge in [0.15, 0.2) is 11.5 Å². The van der Waals surface area contributed by atoms with Gasteiger partial charge in [-0.05, 0) is 36.8 Å². The summed E-state index contributed by atoms with van der Waals surface area (Å²) in [5.41, 5.74) is 0.427. The van der Waals surface area contributed by atoms with Gasteiger partial charge in [0, 0.05) is 13.7 Å². The lowest BCUT2D eigenvalue weighted by molar-refractivity contribution is -0.130. The number of carbonyl (C=O) groups excluding carboxylic acids is 2. The molecule has 0 saturated carbocycles. The van der Waals surface area contributed by atoms with Gasteiger partial charge < -0.3 is 24.3 Å². The number of hydrogen-bond donors (Lipinski definition) is 2. The normalized spacial score (nSPS) is 17.2. The molecule has 26 heavy (non-hydrogen) atoms. The Kier molecular flexibility index (Phi) is 4.81. The van der Waals surface area contributed by atoms with Crippen LogP contribution in [0.3, 0.4) is 0 Å². The number of aromatic hydroxyl groups is 1. The molecule has 0 bridgehead atoms. The molecule has 2 N–H and O–H groups in total. The van der Waals surface area contributed by atoms with Crippen molar-refractivity contribution in [2.24, 2.45) is 0 Å². The summed E-state index contributed by atoms with van der Waals surface area (Å²) in [4.78, 5) is 26.8. The fourth-order valence-corrected chi connectivity index (χ4v) is 3.04. The second-order valence-electron chi connectivity index (χ2n) is 5.99. The average molecular weight is 357 g/mol. The molecule has 0 saturated heterocycles. The van der Waals surface area contributed by atoms with E-state index in [-0.39, 0.29) is 30.2 Å². The highest BCUT2D eigenvalue weighted by Crippen LogP contribution is 2.39. The predicted molar refractivity (Wildman–Crippen MR) is 91.9 cm³/mol. The molecule has 3 rings (SSSR count). The lowest BCUT2D eigenvalue weighted by atomic mass is 9.95. The van der Waals surface area contributed by atoms with E-state index in [0.29, 0.717) is 11.3 Å². The van der Waals surface area contributed by atoms with Crippen molar-refractivity contribution in [2.75, 3.05) is 20.3 Å². The van der Waals surface area contributed by atoms with E-state index < -0.39 is 23.5 Å². The lowest BCUT2D eigenvalue weighted by Crippen LogP contribution is -2.33. The predicted octanol–water partition coefficient (Wildman–Crippen LogP) is 2.52. The van der Waals surface area contributed by atoms with Crippen LogP contribution in [0, 0.1) is 6.92 Å². The topological polar surface area (TPSA) is 100 Å². The van der Waals surface area contributed by atoms with E-state index in [1.807, 2.05) is 0 Å². The van der Waals surface area contributed by atoms with Crippen LogP contribution < -0.4 is 0 Å². The van der Waals surface area contributed by atoms with E-state index in [9.17, 15) is 19.8 Å². The van der Waals surface area contributed by atoms with Gasteiger partial charge in [-0.1, -0.05) is 12.1 Å². The minimum absolute atomic E-state index is 0.00586. The second kappa shape index (κ2) is 7.05. The summed E-state index contributed by atoms with van der Waals surface area (Å²) in [5.74, 6) is -1.28. The summed E-state index contributed by atoms with van der Waals surface area (Å²) in [5, 5.41) is 20.2. The van der Waals surface area contributed by atoms with Gasteiger partial charge in [0.1, 0.15) is 11.5 Å². The molecule has 2 aromatic rings. The molecule has 136 valence electrons. The Hall–Kier alpha value is -3.06. The summed E-state index contributed by atoms with van der Waals surface area (Å²) in [7, 11) is 1.49. The van der Waals surface area contributed by atoms with Gasteiger partial charge in [-0.2, -0.15) is 0 Å². The van der Waals surface area contributed by atoms with Crippen molar-refractivity contribution < 1.29 is 29.0 Å². The fourth-order valence-electron chi connectivity index (χ4n) is 3.04. The van der Waals surface area contributed by atoms with E-state index >= 15 is 0 Å². The number of rotatable bonds is 6. The minimum Gasteiger partial charge on any atom is -0.508 e. The van der Waals surface area contributed by atoms with Gasteiger partial charge in [-0.15, -0.1) is 0 Å². The number of furan rings is 1. The molecule has 1 aromatic heterocycles. The number of ketones is 1. The first-order valence-corrected chi connectivity index (χ1v) is 8.07. The van der Waals surface area contributed by atoms with Crippen molar-refractivity contribution >= 4 is 11.7 Å². The molecule has 1 aliphatic rings. The molecule has 0 fully saturated rings. The number of hydrogen-bond acceptors (Lipinski definition) is 6. The van der Waals surface area contributed by atoms with Gasteiger partial charge >= 0.3 is 0 Å². The molecule has 1 aliphatic heterocycles. The van der Waals surface area contributed by atoms with E-state index in [2.05, 4.69) is 0 Å². The van der Waals surface area contributed by atoms with Crippen molar-refractivity contribution in [1.82, 2.24) is 4.90 Å². The van der Waals surface area contributed by atoms with Crippen LogP contribution in [0.25, 0.3) is 0 Å². The van der Waals surface area contributed by atoms with Crippen molar-refractivity contribution in [3.8, 4) is 5.75 Å². The number of Topliss-reactive ketones (excluding diaryl/α,β-unsaturated/α-hetero) is 1. The fraction of sp³-hybridized carbons (Fsp3) is 0.263. The maximum atomic E-state index is 12.9. The summed E-state index contributed by atoms with van der Waals surface area (Å²) in [6.07, 6.45) is 0. The molecule has 0 spiro atoms. The van der Waals surface area contributed by atoms with Crippen molar-refractivity contribution in [1.29, 1.82) is 0 Å². The monoisotopic (exact) mass is 357 g/mol. The number of aryl methyl sites for hydroxylation is 1. The number of aliphatic hydroxyl groups is 1. The first kappa shape index (κ1) is 17.8. The van der Waals surface area contributed by atoms with E-state index in [1.165, 1.54) is 30.2 Å². The number of ether oxygens (including phenoxy) is 1. The van der Waals surface area contributed by atoms with Crippen LogP contribution in [0.4, 0.5) is 0 Å². The number of carbonyl (C=O) groups is 2. The highest BCUT2D eigenvalue weighted by Gasteiger charge is 2.44. The first-order valence-electron chi connectivity index (χ1n) is 8.07. The van der Waals surface area contributed by atoms with Crippen LogP contribution in [0.1, 0.15) is 27.9 Å². The Labute approximate surface area is 150 Å². The zero-order valence-electron chi connectivity index (χ0n) is 14.4. The molecule has 7 nitrogen and oxygen atoms in total. The Morgan fingerprint density at radius 2 is 2.04 bits per heavy atom. The van der Waals surface area contributed by atoms with Crippen LogP contribution in [0.2, 0.25) is 0 Å². The van der Waals surface area contributed by atoms with Crippen LogP contribution in [0.5, 0.6) is 5.75 Å². The number of aliphatic hydroxyl groups excluding tert-OH is 1. The lowest BCUT2D eigenvalue weighted by Gasteiger charge is -2.26. The maximum Gasteiger partial charge on any atom is 0.290 e. The highest BCUT2D eigenvalue weighted by molar-refractivity contribution is 6.15. The summed E-state index contributed by atoms with van der Waals surface area (Å²) in [6.45, 7) is 2.10. The third kappa shape index (κ3) is 3.09. The zero-order chi connectivity index (χ0) is 18.8. The van der Waals surface area contributed by atoms with Crippen LogP contribution in [-0.4, -0.2) is 47.1 Å². The molecular formula is C19H19NO6. The zero-order valence-corrected chi connectivity index (χ0v) is 14.4. The van der Waals surface area contributed by atoms with Gasteiger partial charge in [0.2, 0.25) is 5.78 Å². The maximum absolute atomic E-state index is 12.9. The SMILES string of the molecule is COCCN1C(=O)C(O)=C(C(=O)c2ccc(C)o2)[C@H]1c1cccc(O)c1. The van der Waals surface area contributed by atoms with Crippen molar-refractivity contribution in [3.05, 3.63) is 64.8 Å². The van der Waals surface area contributed by atoms with Gasteiger partial charge in [0.25, 0.3) is 5.91 Å². The molecular weight excluding hydrogens is 338 g/mol. The third-order valence-electron chi connectivity index (χ3n) is 4.23. The standard InChI is InChI=1S/C19H19NO6/c1-11-6-7-14(26-11)17(22)15-16(12-4-3-5-13(21)10-12)20(8-9-25-2)19(24)18(15)23/h3-7,10,16,21,23H,8-9H2,1-2H3/t16-/m1/s1. The molecule has 7 heteroatoms. The Morgan fingerprint density at radius 1 is 1.27 bits per heavy atom. The molecule has 1 amide bonds. The number of methoxy groups -OCH3 is 1. The van der Waals surface area contributed by atoms with E-state index in [4.69, 9.17) is 9.15 Å². The Bertz CT molecular complexity index is 882. The number of nitrogens with zero attached hydrogens (tertiary/aromatic N) is 1. The first-order chi connectivity index (χ1) is 12.4. The Morgan fingerprint density at radius 3 is 2.65 bits per heavy atom. The van der Waals surface area contributed by atoms with Gasteiger partial charge in [-0.3, -0.25) is 9.59 Å². The van der Waals surface area contributed by atoms with Crippen LogP contribution in [-0.2, 0) is 9.53 Å². The second-order valence-corrected chi connectivity index (χ2v) is 5.99.